The Hall–Kier alpha value is -3.91. The Morgan fingerprint density at radius 2 is 2.00 bits per heavy atom. The Bertz CT molecular complexity index is 1420. The fraction of sp³-hybridized carbons (Fsp3) is 0.345. The second-order valence-corrected chi connectivity index (χ2v) is 9.20. The van der Waals surface area contributed by atoms with Gasteiger partial charge >= 0.3 is 6.03 Å². The molecule has 8 nitrogen and oxygen atoms in total. The zero-order chi connectivity index (χ0) is 25.6. The molecule has 1 fully saturated rings. The summed E-state index contributed by atoms with van der Waals surface area (Å²) < 4.78 is 14.1. The fourth-order valence-electron chi connectivity index (χ4n) is 4.82. The summed E-state index contributed by atoms with van der Waals surface area (Å²) in [4.78, 5) is 23.6. The lowest BCUT2D eigenvalue weighted by Crippen LogP contribution is -2.27. The number of hydrogen-bond donors (Lipinski definition) is 1. The lowest BCUT2D eigenvalue weighted by molar-refractivity contribution is 0.244. The number of nitrogens with zero attached hydrogens (tertiary/aromatic N) is 4. The Kier molecular flexibility index (Phi) is 7.65. The van der Waals surface area contributed by atoms with Gasteiger partial charge in [0.25, 0.3) is 0 Å². The minimum atomic E-state index is -0.148. The lowest BCUT2D eigenvalue weighted by Gasteiger charge is -2.16. The van der Waals surface area contributed by atoms with Gasteiger partial charge in [0.05, 0.1) is 17.6 Å². The van der Waals surface area contributed by atoms with Gasteiger partial charge in [0.2, 0.25) is 0 Å². The first kappa shape index (κ1) is 24.8. The summed E-state index contributed by atoms with van der Waals surface area (Å²) in [5.41, 5.74) is 2.51. The van der Waals surface area contributed by atoms with Gasteiger partial charge in [-0.25, -0.2) is 4.79 Å². The van der Waals surface area contributed by atoms with E-state index in [1.807, 2.05) is 55.6 Å². The van der Waals surface area contributed by atoms with E-state index in [1.165, 1.54) is 25.9 Å². The molecule has 192 valence electrons. The predicted octanol–water partition coefficient (Wildman–Crippen LogP) is 5.47. The monoisotopic (exact) mass is 499 g/mol. The summed E-state index contributed by atoms with van der Waals surface area (Å²) in [5.74, 6) is 2.15. The first-order valence-corrected chi connectivity index (χ1v) is 12.9. The number of ether oxygens (including phenoxy) is 2. The van der Waals surface area contributed by atoms with E-state index in [2.05, 4.69) is 20.2 Å². The van der Waals surface area contributed by atoms with Crippen molar-refractivity contribution in [2.75, 3.05) is 39.8 Å². The van der Waals surface area contributed by atoms with Gasteiger partial charge in [0, 0.05) is 61.1 Å². The van der Waals surface area contributed by atoms with E-state index in [-0.39, 0.29) is 6.03 Å². The molecule has 1 aliphatic rings. The van der Waals surface area contributed by atoms with Crippen molar-refractivity contribution in [3.05, 3.63) is 60.4 Å². The van der Waals surface area contributed by atoms with Gasteiger partial charge in [0.1, 0.15) is 17.2 Å². The maximum Gasteiger partial charge on any atom is 0.326 e. The average Bonchev–Trinajstić information content (AvgIpc) is 3.57. The molecular weight excluding hydrogens is 466 g/mol. The van der Waals surface area contributed by atoms with Crippen LogP contribution in [0, 0.1) is 0 Å². The molecule has 2 aromatic carbocycles. The summed E-state index contributed by atoms with van der Waals surface area (Å²) in [5, 5.41) is 4.62. The first-order valence-electron chi connectivity index (χ1n) is 12.9. The molecule has 0 saturated carbocycles. The van der Waals surface area contributed by atoms with Crippen LogP contribution in [0.2, 0.25) is 0 Å². The van der Waals surface area contributed by atoms with Crippen LogP contribution in [0.5, 0.6) is 17.2 Å². The molecule has 1 aliphatic heterocycles. The third-order valence-corrected chi connectivity index (χ3v) is 6.61. The molecule has 1 saturated heterocycles. The lowest BCUT2D eigenvalue weighted by atomic mass is 10.1. The highest BCUT2D eigenvalue weighted by Gasteiger charge is 2.14. The number of aliphatic imine (C=N–C) groups is 1. The molecule has 0 unspecified atom stereocenters. The molecule has 1 N–H and O–H groups in total. The third-order valence-electron chi connectivity index (χ3n) is 6.61. The Morgan fingerprint density at radius 3 is 2.81 bits per heavy atom. The second-order valence-electron chi connectivity index (χ2n) is 9.20. The van der Waals surface area contributed by atoms with Crippen molar-refractivity contribution < 1.29 is 14.3 Å². The summed E-state index contributed by atoms with van der Waals surface area (Å²) in [6.07, 6.45) is 8.91. The van der Waals surface area contributed by atoms with Crippen LogP contribution in [0.4, 0.5) is 4.79 Å². The number of carbonyl (C=O) groups is 1. The molecular formula is C29H33N5O3. The molecule has 0 aliphatic carbocycles. The standard InChI is InChI=1S/C29H33N5O3/c1-3-31-29(35)34-15-10-21-17-23(7-8-26(21)34)37-27-9-11-32-25-19-28(22(20-30-2)18-24(25)27)36-16-6-14-33-12-4-5-13-33/h7-11,15,17-20H,3-6,12-14,16H2,1-2H3,(H,31,35). The van der Waals surface area contributed by atoms with E-state index in [9.17, 15) is 4.79 Å². The van der Waals surface area contributed by atoms with Gasteiger partial charge in [-0.2, -0.15) is 0 Å². The van der Waals surface area contributed by atoms with Crippen molar-refractivity contribution in [2.24, 2.45) is 4.99 Å². The van der Waals surface area contributed by atoms with Gasteiger partial charge < -0.3 is 19.7 Å². The third kappa shape index (κ3) is 5.59. The number of hydrogen-bond acceptors (Lipinski definition) is 6. The number of carbonyl (C=O) groups excluding carboxylic acids is 1. The molecule has 4 aromatic rings. The van der Waals surface area contributed by atoms with Crippen LogP contribution in [0.15, 0.2) is 59.9 Å². The molecule has 2 aromatic heterocycles. The number of rotatable bonds is 9. The largest absolute Gasteiger partial charge is 0.493 e. The Morgan fingerprint density at radius 1 is 1.14 bits per heavy atom. The summed E-state index contributed by atoms with van der Waals surface area (Å²) in [6, 6.07) is 13.3. The molecule has 5 rings (SSSR count). The van der Waals surface area contributed by atoms with E-state index in [1.54, 1.807) is 24.0 Å². The molecule has 0 spiro atoms. The number of nitrogens with one attached hydrogen (secondary N) is 1. The molecule has 1 amide bonds. The number of pyridine rings is 1. The highest BCUT2D eigenvalue weighted by molar-refractivity contribution is 5.95. The number of fused-ring (bicyclic) bond motifs is 2. The van der Waals surface area contributed by atoms with Gasteiger partial charge in [-0.1, -0.05) is 0 Å². The fourth-order valence-corrected chi connectivity index (χ4v) is 4.82. The molecule has 37 heavy (non-hydrogen) atoms. The van der Waals surface area contributed by atoms with Crippen molar-refractivity contribution in [1.29, 1.82) is 0 Å². The molecule has 8 heteroatoms. The van der Waals surface area contributed by atoms with Crippen LogP contribution in [0.1, 0.15) is 31.7 Å². The second kappa shape index (κ2) is 11.4. The minimum absolute atomic E-state index is 0.148. The van der Waals surface area contributed by atoms with Crippen molar-refractivity contribution in [3.8, 4) is 17.2 Å². The number of aromatic nitrogens is 2. The summed E-state index contributed by atoms with van der Waals surface area (Å²) in [7, 11) is 1.75. The van der Waals surface area contributed by atoms with Crippen LogP contribution in [0.25, 0.3) is 21.8 Å². The highest BCUT2D eigenvalue weighted by Crippen LogP contribution is 2.34. The van der Waals surface area contributed by atoms with Crippen LogP contribution >= 0.6 is 0 Å². The van der Waals surface area contributed by atoms with Crippen LogP contribution < -0.4 is 14.8 Å². The van der Waals surface area contributed by atoms with Gasteiger partial charge in [0.15, 0.2) is 0 Å². The van der Waals surface area contributed by atoms with Crippen LogP contribution in [-0.2, 0) is 0 Å². The number of benzene rings is 2. The first-order chi connectivity index (χ1) is 18.2. The zero-order valence-electron chi connectivity index (χ0n) is 21.4. The molecule has 0 radical (unpaired) electrons. The predicted molar refractivity (Wildman–Crippen MR) is 148 cm³/mol. The van der Waals surface area contributed by atoms with E-state index in [0.717, 1.165) is 46.1 Å². The zero-order valence-corrected chi connectivity index (χ0v) is 21.4. The van der Waals surface area contributed by atoms with E-state index < -0.39 is 0 Å². The van der Waals surface area contributed by atoms with Gasteiger partial charge in [-0.3, -0.25) is 14.5 Å². The van der Waals surface area contributed by atoms with E-state index >= 15 is 0 Å². The maximum absolute atomic E-state index is 12.3. The quantitative estimate of drug-likeness (QED) is 0.244. The SMILES string of the molecule is CCNC(=O)n1ccc2cc(Oc3ccnc4cc(OCCCN5CCCC5)c(C=NC)cc34)ccc21. The minimum Gasteiger partial charge on any atom is -0.493 e. The number of likely N-dealkylation sites (tertiary alicyclic amines) is 1. The van der Waals surface area contributed by atoms with Crippen molar-refractivity contribution in [3.63, 3.8) is 0 Å². The normalized spacial score (nSPS) is 14.1. The topological polar surface area (TPSA) is 81.0 Å². The molecule has 3 heterocycles. The van der Waals surface area contributed by atoms with Crippen LogP contribution in [-0.4, -0.2) is 66.5 Å². The van der Waals surface area contributed by atoms with Crippen molar-refractivity contribution >= 4 is 34.1 Å². The van der Waals surface area contributed by atoms with Crippen molar-refractivity contribution in [1.82, 2.24) is 19.8 Å². The summed E-state index contributed by atoms with van der Waals surface area (Å²) >= 11 is 0. The van der Waals surface area contributed by atoms with Crippen LogP contribution in [0.3, 0.4) is 0 Å². The highest BCUT2D eigenvalue weighted by atomic mass is 16.5. The Labute approximate surface area is 216 Å². The molecule has 0 bridgehead atoms. The number of amides is 1. The van der Waals surface area contributed by atoms with Gasteiger partial charge in [-0.05, 0) is 75.7 Å². The summed E-state index contributed by atoms with van der Waals surface area (Å²) in [6.45, 7) is 6.59. The average molecular weight is 500 g/mol. The van der Waals surface area contributed by atoms with Crippen molar-refractivity contribution in [2.45, 2.75) is 26.2 Å². The van der Waals surface area contributed by atoms with Gasteiger partial charge in [-0.15, -0.1) is 0 Å². The molecule has 0 atom stereocenters. The maximum atomic E-state index is 12.3. The smallest absolute Gasteiger partial charge is 0.326 e. The van der Waals surface area contributed by atoms with E-state index in [0.29, 0.717) is 24.7 Å². The Balaban J connectivity index is 1.37. The van der Waals surface area contributed by atoms with E-state index in [4.69, 9.17) is 9.47 Å².